The molecule has 0 fully saturated rings. The molecule has 1 heterocycles. The second-order valence-corrected chi connectivity index (χ2v) is 4.96. The third-order valence-electron chi connectivity index (χ3n) is 3.13. The number of anilines is 1. The van der Waals surface area contributed by atoms with Gasteiger partial charge in [-0.15, -0.1) is 0 Å². The Morgan fingerprint density at radius 1 is 1.10 bits per heavy atom. The van der Waals surface area contributed by atoms with Gasteiger partial charge in [0.25, 0.3) is 5.91 Å². The zero-order valence-electron chi connectivity index (χ0n) is 12.1. The Hall–Kier alpha value is -2.36. The van der Waals surface area contributed by atoms with Crippen LogP contribution in [0.25, 0.3) is 0 Å². The first-order valence-electron chi connectivity index (χ1n) is 6.49. The lowest BCUT2D eigenvalue weighted by Crippen LogP contribution is -2.26. The minimum atomic E-state index is 0.0190. The Morgan fingerprint density at radius 2 is 1.80 bits per heavy atom. The standard InChI is InChI=1S/C16H19N3O/c1-18(2)15-6-4-5-14(11-15)16(20)19(3)12-13-7-9-17-10-8-13/h4-11H,12H2,1-3H3. The molecular weight excluding hydrogens is 250 g/mol. The molecule has 0 bridgehead atoms. The molecule has 0 N–H and O–H groups in total. The Kier molecular flexibility index (Phi) is 4.35. The van der Waals surface area contributed by atoms with E-state index in [9.17, 15) is 4.79 Å². The lowest BCUT2D eigenvalue weighted by atomic mass is 10.1. The number of hydrogen-bond acceptors (Lipinski definition) is 3. The van der Waals surface area contributed by atoms with Crippen LogP contribution in [0.5, 0.6) is 0 Å². The summed E-state index contributed by atoms with van der Waals surface area (Å²) in [6.45, 7) is 0.577. The summed E-state index contributed by atoms with van der Waals surface area (Å²) in [6, 6.07) is 11.5. The smallest absolute Gasteiger partial charge is 0.253 e. The molecule has 0 spiro atoms. The minimum absolute atomic E-state index is 0.0190. The van der Waals surface area contributed by atoms with Gasteiger partial charge >= 0.3 is 0 Å². The fourth-order valence-corrected chi connectivity index (χ4v) is 1.97. The van der Waals surface area contributed by atoms with Crippen molar-refractivity contribution in [3.8, 4) is 0 Å². The Morgan fingerprint density at radius 3 is 2.45 bits per heavy atom. The molecule has 0 saturated heterocycles. The summed E-state index contributed by atoms with van der Waals surface area (Å²) in [5.41, 5.74) is 2.79. The highest BCUT2D eigenvalue weighted by atomic mass is 16.2. The van der Waals surface area contributed by atoms with E-state index < -0.39 is 0 Å². The number of carbonyl (C=O) groups excluding carboxylic acids is 1. The van der Waals surface area contributed by atoms with Crippen molar-refractivity contribution in [2.75, 3.05) is 26.0 Å². The van der Waals surface area contributed by atoms with Crippen LogP contribution in [0.4, 0.5) is 5.69 Å². The number of nitrogens with zero attached hydrogens (tertiary/aromatic N) is 3. The Balaban J connectivity index is 2.12. The summed E-state index contributed by atoms with van der Waals surface area (Å²) in [5, 5.41) is 0. The lowest BCUT2D eigenvalue weighted by molar-refractivity contribution is 0.0785. The van der Waals surface area contributed by atoms with Crippen LogP contribution in [0.15, 0.2) is 48.8 Å². The van der Waals surface area contributed by atoms with Gasteiger partial charge in [-0.1, -0.05) is 6.07 Å². The molecule has 0 saturated carbocycles. The number of aromatic nitrogens is 1. The molecule has 0 aliphatic carbocycles. The van der Waals surface area contributed by atoms with E-state index in [4.69, 9.17) is 0 Å². The van der Waals surface area contributed by atoms with E-state index in [1.54, 1.807) is 17.3 Å². The maximum Gasteiger partial charge on any atom is 0.253 e. The van der Waals surface area contributed by atoms with Crippen LogP contribution in [-0.4, -0.2) is 36.9 Å². The Labute approximate surface area is 119 Å². The van der Waals surface area contributed by atoms with Crippen LogP contribution >= 0.6 is 0 Å². The molecule has 20 heavy (non-hydrogen) atoms. The van der Waals surface area contributed by atoms with E-state index in [1.165, 1.54) is 0 Å². The van der Waals surface area contributed by atoms with Crippen molar-refractivity contribution in [2.45, 2.75) is 6.54 Å². The lowest BCUT2D eigenvalue weighted by Gasteiger charge is -2.19. The third kappa shape index (κ3) is 3.35. The van der Waals surface area contributed by atoms with E-state index in [2.05, 4.69) is 4.98 Å². The van der Waals surface area contributed by atoms with E-state index >= 15 is 0 Å². The van der Waals surface area contributed by atoms with Crippen molar-refractivity contribution < 1.29 is 4.79 Å². The molecule has 1 aromatic carbocycles. The zero-order chi connectivity index (χ0) is 14.5. The summed E-state index contributed by atoms with van der Waals surface area (Å²) in [4.78, 5) is 20.1. The van der Waals surface area contributed by atoms with E-state index in [1.807, 2.05) is 62.4 Å². The molecule has 2 aromatic rings. The molecule has 0 aliphatic heterocycles. The number of carbonyl (C=O) groups is 1. The van der Waals surface area contributed by atoms with Crippen LogP contribution in [-0.2, 0) is 6.54 Å². The molecule has 1 amide bonds. The summed E-state index contributed by atoms with van der Waals surface area (Å²) in [6.07, 6.45) is 3.47. The molecule has 0 aliphatic rings. The first kappa shape index (κ1) is 14.1. The maximum atomic E-state index is 12.4. The van der Waals surface area contributed by atoms with Crippen LogP contribution < -0.4 is 4.90 Å². The SMILES string of the molecule is CN(Cc1ccncc1)C(=O)c1cccc(N(C)C)c1. The predicted octanol–water partition coefficient (Wildman–Crippen LogP) is 2.42. The van der Waals surface area contributed by atoms with Gasteiger partial charge in [-0.05, 0) is 35.9 Å². The highest BCUT2D eigenvalue weighted by Gasteiger charge is 2.12. The monoisotopic (exact) mass is 269 g/mol. The second-order valence-electron chi connectivity index (χ2n) is 4.96. The summed E-state index contributed by atoms with van der Waals surface area (Å²) >= 11 is 0. The summed E-state index contributed by atoms with van der Waals surface area (Å²) < 4.78 is 0. The molecular formula is C16H19N3O. The number of rotatable bonds is 4. The summed E-state index contributed by atoms with van der Waals surface area (Å²) in [7, 11) is 5.74. The van der Waals surface area contributed by atoms with Crippen molar-refractivity contribution >= 4 is 11.6 Å². The van der Waals surface area contributed by atoms with Gasteiger partial charge in [0.2, 0.25) is 0 Å². The average molecular weight is 269 g/mol. The molecule has 0 unspecified atom stereocenters. The van der Waals surface area contributed by atoms with Gasteiger partial charge in [-0.2, -0.15) is 0 Å². The maximum absolute atomic E-state index is 12.4. The normalized spacial score (nSPS) is 10.2. The molecule has 0 radical (unpaired) electrons. The Bertz CT molecular complexity index is 581. The summed E-state index contributed by atoms with van der Waals surface area (Å²) in [5.74, 6) is 0.0190. The molecule has 4 heteroatoms. The largest absolute Gasteiger partial charge is 0.378 e. The fourth-order valence-electron chi connectivity index (χ4n) is 1.97. The van der Waals surface area contributed by atoms with Crippen molar-refractivity contribution in [3.63, 3.8) is 0 Å². The van der Waals surface area contributed by atoms with Crippen molar-refractivity contribution in [3.05, 3.63) is 59.9 Å². The van der Waals surface area contributed by atoms with Gasteiger partial charge in [0.1, 0.15) is 0 Å². The van der Waals surface area contributed by atoms with Crippen molar-refractivity contribution in [1.29, 1.82) is 0 Å². The number of benzene rings is 1. The number of hydrogen-bond donors (Lipinski definition) is 0. The van der Waals surface area contributed by atoms with Crippen molar-refractivity contribution in [1.82, 2.24) is 9.88 Å². The molecule has 1 aromatic heterocycles. The van der Waals surface area contributed by atoms with Crippen LogP contribution in [0, 0.1) is 0 Å². The van der Waals surface area contributed by atoms with Gasteiger partial charge in [0, 0.05) is 51.3 Å². The van der Waals surface area contributed by atoms with Gasteiger partial charge in [-0.25, -0.2) is 0 Å². The molecule has 104 valence electrons. The van der Waals surface area contributed by atoms with Crippen LogP contribution in [0.3, 0.4) is 0 Å². The van der Waals surface area contributed by atoms with E-state index in [-0.39, 0.29) is 5.91 Å². The third-order valence-corrected chi connectivity index (χ3v) is 3.13. The van der Waals surface area contributed by atoms with E-state index in [0.29, 0.717) is 12.1 Å². The quantitative estimate of drug-likeness (QED) is 0.855. The average Bonchev–Trinajstić information content (AvgIpc) is 2.47. The van der Waals surface area contributed by atoms with Gasteiger partial charge < -0.3 is 9.80 Å². The predicted molar refractivity (Wildman–Crippen MR) is 80.8 cm³/mol. The molecule has 0 atom stereocenters. The first-order valence-corrected chi connectivity index (χ1v) is 6.49. The van der Waals surface area contributed by atoms with Crippen molar-refractivity contribution in [2.24, 2.45) is 0 Å². The second kappa shape index (κ2) is 6.19. The number of pyridine rings is 1. The highest BCUT2D eigenvalue weighted by molar-refractivity contribution is 5.95. The van der Waals surface area contributed by atoms with Gasteiger partial charge in [0.15, 0.2) is 0 Å². The topological polar surface area (TPSA) is 36.4 Å². The fraction of sp³-hybridized carbons (Fsp3) is 0.250. The van der Waals surface area contributed by atoms with Gasteiger partial charge in [-0.3, -0.25) is 9.78 Å². The number of amides is 1. The van der Waals surface area contributed by atoms with Crippen LogP contribution in [0.2, 0.25) is 0 Å². The van der Waals surface area contributed by atoms with Crippen LogP contribution in [0.1, 0.15) is 15.9 Å². The minimum Gasteiger partial charge on any atom is -0.378 e. The highest BCUT2D eigenvalue weighted by Crippen LogP contribution is 2.15. The van der Waals surface area contributed by atoms with Gasteiger partial charge in [0.05, 0.1) is 0 Å². The molecule has 4 nitrogen and oxygen atoms in total. The van der Waals surface area contributed by atoms with E-state index in [0.717, 1.165) is 11.3 Å². The first-order chi connectivity index (χ1) is 9.58. The molecule has 2 rings (SSSR count). The zero-order valence-corrected chi connectivity index (χ0v) is 12.1.